The lowest BCUT2D eigenvalue weighted by atomic mass is 10.3. The molecule has 0 aromatic carbocycles. The number of guanidine groups is 1. The van der Waals surface area contributed by atoms with Crippen LogP contribution in [0.2, 0.25) is 0 Å². The van der Waals surface area contributed by atoms with Gasteiger partial charge in [0, 0.05) is 63.8 Å². The summed E-state index contributed by atoms with van der Waals surface area (Å²) in [6.07, 6.45) is 6.33. The van der Waals surface area contributed by atoms with Gasteiger partial charge >= 0.3 is 0 Å². The number of hydrogen-bond donors (Lipinski definition) is 1. The van der Waals surface area contributed by atoms with Gasteiger partial charge in [0.05, 0.1) is 11.3 Å². The van der Waals surface area contributed by atoms with Gasteiger partial charge in [-0.1, -0.05) is 0 Å². The van der Waals surface area contributed by atoms with Crippen molar-refractivity contribution in [3.8, 4) is 0 Å². The van der Waals surface area contributed by atoms with Gasteiger partial charge in [0.25, 0.3) is 0 Å². The van der Waals surface area contributed by atoms with Crippen LogP contribution >= 0.6 is 35.3 Å². The quantitative estimate of drug-likeness (QED) is 0.218. The molecule has 0 saturated carbocycles. The van der Waals surface area contributed by atoms with Gasteiger partial charge in [-0.15, -0.1) is 35.3 Å². The molecule has 0 aliphatic carbocycles. The number of halogens is 1. The van der Waals surface area contributed by atoms with Crippen molar-refractivity contribution in [2.75, 3.05) is 39.9 Å². The van der Waals surface area contributed by atoms with E-state index < -0.39 is 0 Å². The number of aliphatic imine (C=N–C) groups is 1. The van der Waals surface area contributed by atoms with Gasteiger partial charge in [-0.25, -0.2) is 4.98 Å². The first-order valence-corrected chi connectivity index (χ1v) is 10.0. The number of likely N-dealkylation sites (N-methyl/N-ethyl adjacent to an activating group) is 1. The molecule has 1 N–H and O–H groups in total. The Morgan fingerprint density at radius 3 is 2.93 bits per heavy atom. The number of nitrogens with zero attached hydrogens (tertiary/aromatic N) is 3. The lowest BCUT2D eigenvalue weighted by Gasteiger charge is -2.22. The Morgan fingerprint density at radius 2 is 2.26 bits per heavy atom. The maximum atomic E-state index is 5.39. The smallest absolute Gasteiger partial charge is 0.193 e. The first-order chi connectivity index (χ1) is 12.7. The zero-order chi connectivity index (χ0) is 18.6. The fourth-order valence-corrected chi connectivity index (χ4v) is 3.22. The molecule has 2 aromatic rings. The number of aryl methyl sites for hydroxylation is 1. The fourth-order valence-electron chi connectivity index (χ4n) is 2.45. The number of thiazole rings is 1. The van der Waals surface area contributed by atoms with Crippen molar-refractivity contribution in [1.29, 1.82) is 0 Å². The van der Waals surface area contributed by atoms with E-state index in [-0.39, 0.29) is 24.0 Å². The number of furan rings is 1. The predicted octanol–water partition coefficient (Wildman–Crippen LogP) is 3.75. The Morgan fingerprint density at radius 1 is 1.41 bits per heavy atom. The molecule has 2 aromatic heterocycles. The van der Waals surface area contributed by atoms with Gasteiger partial charge in [0.1, 0.15) is 5.76 Å². The standard InChI is InChI=1S/C19H30N4O2S.HI/c1-4-24-13-6-10-20-19(21-11-8-17-7-5-14-25-17)23(3)12-9-18-22-15-16(2)26-18;/h5,7,14-15H,4,6,8-13H2,1-3H3,(H,20,21);1H. The Hall–Kier alpha value is -1.13. The van der Waals surface area contributed by atoms with Gasteiger partial charge < -0.3 is 19.4 Å². The second kappa shape index (κ2) is 14.0. The highest BCUT2D eigenvalue weighted by atomic mass is 127. The van der Waals surface area contributed by atoms with E-state index in [1.165, 1.54) is 9.88 Å². The minimum atomic E-state index is 0. The Labute approximate surface area is 183 Å². The summed E-state index contributed by atoms with van der Waals surface area (Å²) in [6, 6.07) is 3.91. The number of aromatic nitrogens is 1. The highest BCUT2D eigenvalue weighted by Gasteiger charge is 2.08. The van der Waals surface area contributed by atoms with E-state index in [1.54, 1.807) is 17.6 Å². The minimum Gasteiger partial charge on any atom is -0.469 e. The zero-order valence-electron chi connectivity index (χ0n) is 16.4. The van der Waals surface area contributed by atoms with E-state index in [2.05, 4.69) is 29.2 Å². The van der Waals surface area contributed by atoms with Gasteiger partial charge in [-0.05, 0) is 32.4 Å². The summed E-state index contributed by atoms with van der Waals surface area (Å²) >= 11 is 1.76. The van der Waals surface area contributed by atoms with Crippen LogP contribution in [0, 0.1) is 6.92 Å². The molecular weight excluding hydrogens is 475 g/mol. The molecule has 0 spiro atoms. The van der Waals surface area contributed by atoms with E-state index in [9.17, 15) is 0 Å². The van der Waals surface area contributed by atoms with Gasteiger partial charge in [-0.2, -0.15) is 0 Å². The maximum absolute atomic E-state index is 5.39. The largest absolute Gasteiger partial charge is 0.469 e. The molecule has 0 aliphatic rings. The van der Waals surface area contributed by atoms with Crippen LogP contribution in [0.15, 0.2) is 34.0 Å². The van der Waals surface area contributed by atoms with Crippen molar-refractivity contribution in [2.24, 2.45) is 4.99 Å². The summed E-state index contributed by atoms with van der Waals surface area (Å²) in [7, 11) is 2.07. The summed E-state index contributed by atoms with van der Waals surface area (Å²) in [5.74, 6) is 1.90. The third kappa shape index (κ3) is 9.57. The summed E-state index contributed by atoms with van der Waals surface area (Å²) in [5.41, 5.74) is 0. The molecule has 2 heterocycles. The Kier molecular flexibility index (Phi) is 12.4. The van der Waals surface area contributed by atoms with Crippen LogP contribution in [0.1, 0.15) is 29.0 Å². The molecule has 0 fully saturated rings. The number of nitrogens with one attached hydrogen (secondary N) is 1. The lowest BCUT2D eigenvalue weighted by Crippen LogP contribution is -2.41. The van der Waals surface area contributed by atoms with E-state index in [1.807, 2.05) is 25.3 Å². The number of ether oxygens (including phenoxy) is 1. The van der Waals surface area contributed by atoms with Crippen LogP contribution in [0.25, 0.3) is 0 Å². The summed E-state index contributed by atoms with van der Waals surface area (Å²) in [6.45, 7) is 8.03. The summed E-state index contributed by atoms with van der Waals surface area (Å²) in [5, 5.41) is 4.62. The highest BCUT2D eigenvalue weighted by Crippen LogP contribution is 2.11. The molecule has 0 bridgehead atoms. The summed E-state index contributed by atoms with van der Waals surface area (Å²) in [4.78, 5) is 12.6. The lowest BCUT2D eigenvalue weighted by molar-refractivity contribution is 0.146. The van der Waals surface area contributed by atoms with Crippen LogP contribution in [-0.2, 0) is 17.6 Å². The van der Waals surface area contributed by atoms with Crippen molar-refractivity contribution in [3.05, 3.63) is 40.2 Å². The van der Waals surface area contributed by atoms with E-state index in [4.69, 9.17) is 14.1 Å². The van der Waals surface area contributed by atoms with Crippen LogP contribution in [-0.4, -0.2) is 55.7 Å². The molecule has 0 amide bonds. The molecule has 152 valence electrons. The first kappa shape index (κ1) is 23.9. The van der Waals surface area contributed by atoms with E-state index in [0.29, 0.717) is 0 Å². The highest BCUT2D eigenvalue weighted by molar-refractivity contribution is 14.0. The Balaban J connectivity index is 0.00000364. The second-order valence-electron chi connectivity index (χ2n) is 6.05. The van der Waals surface area contributed by atoms with Crippen molar-refractivity contribution in [1.82, 2.24) is 15.2 Å². The molecule has 8 heteroatoms. The Bertz CT molecular complexity index is 646. The molecular formula is C19H31IN4O2S. The van der Waals surface area contributed by atoms with Crippen molar-refractivity contribution in [3.63, 3.8) is 0 Å². The van der Waals surface area contributed by atoms with Crippen LogP contribution in [0.3, 0.4) is 0 Å². The van der Waals surface area contributed by atoms with Gasteiger partial charge in [0.2, 0.25) is 0 Å². The summed E-state index contributed by atoms with van der Waals surface area (Å²) < 4.78 is 10.8. The van der Waals surface area contributed by atoms with Gasteiger partial charge in [-0.3, -0.25) is 4.99 Å². The molecule has 27 heavy (non-hydrogen) atoms. The van der Waals surface area contributed by atoms with Gasteiger partial charge in [0.15, 0.2) is 5.96 Å². The third-order valence-electron chi connectivity index (χ3n) is 3.84. The minimum absolute atomic E-state index is 0. The number of rotatable bonds is 11. The molecule has 2 rings (SSSR count). The second-order valence-corrected chi connectivity index (χ2v) is 7.37. The zero-order valence-corrected chi connectivity index (χ0v) is 19.6. The molecule has 0 aliphatic heterocycles. The fraction of sp³-hybridized carbons (Fsp3) is 0.579. The van der Waals surface area contributed by atoms with Crippen molar-refractivity contribution in [2.45, 2.75) is 33.1 Å². The predicted molar refractivity (Wildman–Crippen MR) is 122 cm³/mol. The maximum Gasteiger partial charge on any atom is 0.193 e. The van der Waals surface area contributed by atoms with E-state index >= 15 is 0 Å². The van der Waals surface area contributed by atoms with Crippen molar-refractivity contribution < 1.29 is 9.15 Å². The van der Waals surface area contributed by atoms with Crippen molar-refractivity contribution >= 4 is 41.3 Å². The van der Waals surface area contributed by atoms with E-state index in [0.717, 1.165) is 63.8 Å². The van der Waals surface area contributed by atoms with Crippen LogP contribution in [0.4, 0.5) is 0 Å². The average Bonchev–Trinajstić information content (AvgIpc) is 3.29. The van der Waals surface area contributed by atoms with Crippen LogP contribution in [0.5, 0.6) is 0 Å². The normalized spacial score (nSPS) is 11.3. The molecule has 6 nitrogen and oxygen atoms in total. The third-order valence-corrected chi connectivity index (χ3v) is 4.81. The SMILES string of the molecule is CCOCCCN=C(NCCc1ccco1)N(C)CCc1ncc(C)s1.I. The molecule has 0 radical (unpaired) electrons. The van der Waals surface area contributed by atoms with Crippen LogP contribution < -0.4 is 5.32 Å². The monoisotopic (exact) mass is 506 g/mol. The molecule has 0 unspecified atom stereocenters. The molecule has 0 saturated heterocycles. The molecule has 0 atom stereocenters. The first-order valence-electron chi connectivity index (χ1n) is 9.20. The number of hydrogen-bond acceptors (Lipinski definition) is 5. The topological polar surface area (TPSA) is 62.9 Å². The average molecular weight is 506 g/mol.